The van der Waals surface area contributed by atoms with E-state index in [-0.39, 0.29) is 26.3 Å². The lowest BCUT2D eigenvalue weighted by Crippen LogP contribution is -2.40. The molecule has 1 fully saturated rings. The maximum atomic E-state index is 12.1. The highest BCUT2D eigenvalue weighted by Crippen LogP contribution is 2.28. The standard InChI is InChI=1S/C7H9F4NO/c8-5-6(7(9,10)11)12-1-3-13-4-2-12/h5H,1-4H2/b6-5-. The summed E-state index contributed by atoms with van der Waals surface area (Å²) < 4.78 is 53.2. The summed E-state index contributed by atoms with van der Waals surface area (Å²) in [4.78, 5) is 0.934. The smallest absolute Gasteiger partial charge is 0.378 e. The minimum Gasteiger partial charge on any atom is -0.378 e. The van der Waals surface area contributed by atoms with Gasteiger partial charge in [0.15, 0.2) is 0 Å². The molecular weight excluding hydrogens is 190 g/mol. The minimum atomic E-state index is -4.62. The maximum absolute atomic E-state index is 12.1. The number of hydrogen-bond acceptors (Lipinski definition) is 2. The van der Waals surface area contributed by atoms with E-state index in [4.69, 9.17) is 4.74 Å². The molecule has 1 saturated heterocycles. The first-order valence-electron chi connectivity index (χ1n) is 3.76. The molecule has 1 aliphatic rings. The highest BCUT2D eigenvalue weighted by Gasteiger charge is 2.38. The molecule has 0 saturated carbocycles. The van der Waals surface area contributed by atoms with Gasteiger partial charge in [0.25, 0.3) is 0 Å². The van der Waals surface area contributed by atoms with Gasteiger partial charge in [0.05, 0.1) is 13.2 Å². The molecule has 0 aromatic carbocycles. The third kappa shape index (κ3) is 2.58. The zero-order chi connectivity index (χ0) is 9.90. The SMILES string of the molecule is F/C=C(\N1CCOCC1)C(F)(F)F. The van der Waals surface area contributed by atoms with Crippen LogP contribution in [0.15, 0.2) is 12.0 Å². The Morgan fingerprint density at radius 3 is 2.15 bits per heavy atom. The minimum absolute atomic E-state index is 0.0786. The van der Waals surface area contributed by atoms with E-state index in [1.807, 2.05) is 0 Å². The van der Waals surface area contributed by atoms with Crippen LogP contribution in [0.4, 0.5) is 17.6 Å². The van der Waals surface area contributed by atoms with Crippen LogP contribution in [0.2, 0.25) is 0 Å². The number of ether oxygens (including phenoxy) is 1. The van der Waals surface area contributed by atoms with Crippen LogP contribution < -0.4 is 0 Å². The molecule has 1 aliphatic heterocycles. The van der Waals surface area contributed by atoms with Gasteiger partial charge in [-0.1, -0.05) is 0 Å². The van der Waals surface area contributed by atoms with Gasteiger partial charge in [-0.15, -0.1) is 0 Å². The van der Waals surface area contributed by atoms with Crippen LogP contribution in [-0.2, 0) is 4.74 Å². The average Bonchev–Trinajstić information content (AvgIpc) is 2.05. The molecule has 1 heterocycles. The summed E-state index contributed by atoms with van der Waals surface area (Å²) >= 11 is 0. The topological polar surface area (TPSA) is 12.5 Å². The maximum Gasteiger partial charge on any atom is 0.433 e. The molecular formula is C7H9F4NO. The molecule has 13 heavy (non-hydrogen) atoms. The van der Waals surface area contributed by atoms with Gasteiger partial charge in [0, 0.05) is 13.1 Å². The molecule has 0 spiro atoms. The predicted molar refractivity (Wildman–Crippen MR) is 37.6 cm³/mol. The Kier molecular flexibility index (Phi) is 3.13. The van der Waals surface area contributed by atoms with Crippen LogP contribution in [0.5, 0.6) is 0 Å². The summed E-state index contributed by atoms with van der Waals surface area (Å²) in [6, 6.07) is 0. The molecule has 0 amide bonds. The first-order chi connectivity index (χ1) is 6.05. The molecule has 0 bridgehead atoms. The van der Waals surface area contributed by atoms with Crippen LogP contribution in [0.3, 0.4) is 0 Å². The van der Waals surface area contributed by atoms with Gasteiger partial charge in [-0.25, -0.2) is 4.39 Å². The van der Waals surface area contributed by atoms with Crippen molar-refractivity contribution < 1.29 is 22.3 Å². The van der Waals surface area contributed by atoms with E-state index in [0.29, 0.717) is 0 Å². The van der Waals surface area contributed by atoms with Gasteiger partial charge in [0.1, 0.15) is 12.0 Å². The molecule has 6 heteroatoms. The first kappa shape index (κ1) is 10.3. The fraction of sp³-hybridized carbons (Fsp3) is 0.714. The zero-order valence-electron chi connectivity index (χ0n) is 6.77. The average molecular weight is 199 g/mol. The van der Waals surface area contributed by atoms with E-state index in [0.717, 1.165) is 4.90 Å². The van der Waals surface area contributed by atoms with Crippen molar-refractivity contribution in [2.45, 2.75) is 6.18 Å². The molecule has 2 nitrogen and oxygen atoms in total. The van der Waals surface area contributed by atoms with Gasteiger partial charge in [0.2, 0.25) is 0 Å². The lowest BCUT2D eigenvalue weighted by Gasteiger charge is -2.30. The van der Waals surface area contributed by atoms with Gasteiger partial charge in [-0.05, 0) is 0 Å². The summed E-state index contributed by atoms with van der Waals surface area (Å²) in [5, 5.41) is 0. The number of rotatable bonds is 1. The van der Waals surface area contributed by atoms with E-state index in [1.165, 1.54) is 0 Å². The second-order valence-electron chi connectivity index (χ2n) is 2.59. The second-order valence-corrected chi connectivity index (χ2v) is 2.59. The normalized spacial score (nSPS) is 20.6. The number of alkyl halides is 3. The molecule has 0 atom stereocenters. The van der Waals surface area contributed by atoms with Crippen molar-refractivity contribution in [3.05, 3.63) is 12.0 Å². The van der Waals surface area contributed by atoms with Gasteiger partial charge in [-0.2, -0.15) is 13.2 Å². The lowest BCUT2D eigenvalue weighted by atomic mass is 10.3. The summed E-state index contributed by atoms with van der Waals surface area (Å²) in [6.45, 7) is 0.561. The van der Waals surface area contributed by atoms with E-state index in [9.17, 15) is 17.6 Å². The molecule has 76 valence electrons. The molecule has 1 rings (SSSR count). The van der Waals surface area contributed by atoms with Gasteiger partial charge >= 0.3 is 6.18 Å². The molecule has 0 aromatic rings. The van der Waals surface area contributed by atoms with E-state index in [2.05, 4.69) is 0 Å². The van der Waals surface area contributed by atoms with Crippen molar-refractivity contribution in [2.24, 2.45) is 0 Å². The summed E-state index contributed by atoms with van der Waals surface area (Å²) in [5.74, 6) is 0. The Morgan fingerprint density at radius 1 is 1.23 bits per heavy atom. The first-order valence-corrected chi connectivity index (χ1v) is 3.76. The monoisotopic (exact) mass is 199 g/mol. The number of morpholine rings is 1. The highest BCUT2D eigenvalue weighted by atomic mass is 19.4. The quantitative estimate of drug-likeness (QED) is 0.596. The van der Waals surface area contributed by atoms with Crippen LogP contribution in [0, 0.1) is 0 Å². The molecule has 0 radical (unpaired) electrons. The summed E-state index contributed by atoms with van der Waals surface area (Å²) in [5.41, 5.74) is -1.23. The largest absolute Gasteiger partial charge is 0.433 e. The van der Waals surface area contributed by atoms with Crippen LogP contribution >= 0.6 is 0 Å². The van der Waals surface area contributed by atoms with Crippen LogP contribution in [0.25, 0.3) is 0 Å². The number of hydrogen-bond donors (Lipinski definition) is 0. The number of allylic oxidation sites excluding steroid dienone is 1. The third-order valence-electron chi connectivity index (χ3n) is 1.75. The van der Waals surface area contributed by atoms with Crippen molar-refractivity contribution in [3.8, 4) is 0 Å². The van der Waals surface area contributed by atoms with Crippen molar-refractivity contribution in [1.29, 1.82) is 0 Å². The number of halogens is 4. The molecule has 0 unspecified atom stereocenters. The zero-order valence-corrected chi connectivity index (χ0v) is 6.77. The lowest BCUT2D eigenvalue weighted by molar-refractivity contribution is -0.119. The third-order valence-corrected chi connectivity index (χ3v) is 1.75. The van der Waals surface area contributed by atoms with Crippen molar-refractivity contribution in [3.63, 3.8) is 0 Å². The van der Waals surface area contributed by atoms with Gasteiger partial charge in [-0.3, -0.25) is 0 Å². The van der Waals surface area contributed by atoms with Crippen molar-refractivity contribution in [1.82, 2.24) is 4.90 Å². The fourth-order valence-corrected chi connectivity index (χ4v) is 1.11. The molecule has 0 aromatic heterocycles. The van der Waals surface area contributed by atoms with Crippen LogP contribution in [-0.4, -0.2) is 37.4 Å². The van der Waals surface area contributed by atoms with Crippen molar-refractivity contribution >= 4 is 0 Å². The van der Waals surface area contributed by atoms with E-state index < -0.39 is 18.2 Å². The molecule has 0 aliphatic carbocycles. The van der Waals surface area contributed by atoms with Gasteiger partial charge < -0.3 is 9.64 Å². The van der Waals surface area contributed by atoms with Crippen molar-refractivity contribution in [2.75, 3.05) is 26.3 Å². The van der Waals surface area contributed by atoms with Crippen LogP contribution in [0.1, 0.15) is 0 Å². The Bertz CT molecular complexity index is 195. The Labute approximate surface area is 72.8 Å². The summed E-state index contributed by atoms with van der Waals surface area (Å²) in [7, 11) is 0. The number of nitrogens with zero attached hydrogens (tertiary/aromatic N) is 1. The van der Waals surface area contributed by atoms with E-state index in [1.54, 1.807) is 0 Å². The second kappa shape index (κ2) is 3.95. The Balaban J connectivity index is 2.66. The molecule has 0 N–H and O–H groups in total. The fourth-order valence-electron chi connectivity index (χ4n) is 1.11. The Morgan fingerprint density at radius 2 is 1.77 bits per heavy atom. The summed E-state index contributed by atoms with van der Waals surface area (Å²) in [6.07, 6.45) is -5.02. The highest BCUT2D eigenvalue weighted by molar-refractivity contribution is 5.05. The predicted octanol–water partition coefficient (Wildman–Crippen LogP) is 1.69. The Hall–Kier alpha value is -0.780. The van der Waals surface area contributed by atoms with E-state index >= 15 is 0 Å².